The Bertz CT molecular complexity index is 1150. The monoisotopic (exact) mass is 397 g/mol. The molecule has 0 radical (unpaired) electrons. The topological polar surface area (TPSA) is 68.0 Å². The molecule has 3 rings (SSSR count). The van der Waals surface area contributed by atoms with Gasteiger partial charge in [-0.25, -0.2) is 9.48 Å². The lowest BCUT2D eigenvalue weighted by Gasteiger charge is -2.08. The van der Waals surface area contributed by atoms with Crippen LogP contribution in [0, 0.1) is 23.7 Å². The highest BCUT2D eigenvalue weighted by atomic mass is 16.4. The summed E-state index contributed by atoms with van der Waals surface area (Å²) in [4.78, 5) is 15.8. The van der Waals surface area contributed by atoms with E-state index in [2.05, 4.69) is 33.8 Å². The number of hydrogen-bond donors (Lipinski definition) is 1. The summed E-state index contributed by atoms with van der Waals surface area (Å²) in [5.74, 6) is 12.2. The van der Waals surface area contributed by atoms with Crippen molar-refractivity contribution in [1.29, 1.82) is 0 Å². The van der Waals surface area contributed by atoms with Crippen molar-refractivity contribution < 1.29 is 9.90 Å². The van der Waals surface area contributed by atoms with E-state index < -0.39 is 5.97 Å². The maximum Gasteiger partial charge on any atom is 0.335 e. The number of aromatic nitrogens is 3. The molecule has 5 nitrogen and oxygen atoms in total. The van der Waals surface area contributed by atoms with Crippen molar-refractivity contribution in [2.24, 2.45) is 0 Å². The molecule has 2 aromatic carbocycles. The van der Waals surface area contributed by atoms with Gasteiger partial charge in [0.25, 0.3) is 0 Å². The summed E-state index contributed by atoms with van der Waals surface area (Å²) < 4.78 is 1.77. The van der Waals surface area contributed by atoms with Crippen molar-refractivity contribution in [3.63, 3.8) is 0 Å². The standard InChI is InChI=1S/C25H23N3O2/c1-3-5-11-23-26-24(12-6-4-2)28(27-23)18-20-15-13-19(14-16-20)17-21-9-7-8-10-22(21)25(29)30/h7-10,13-16H,3-4,17-18H2,1-2H3,(H,29,30). The van der Waals surface area contributed by atoms with Crippen LogP contribution in [0.15, 0.2) is 48.5 Å². The molecule has 1 heterocycles. The summed E-state index contributed by atoms with van der Waals surface area (Å²) in [5.41, 5.74) is 3.24. The van der Waals surface area contributed by atoms with Crippen molar-refractivity contribution >= 4 is 5.97 Å². The average molecular weight is 397 g/mol. The Balaban J connectivity index is 1.79. The number of rotatable bonds is 5. The molecule has 0 fully saturated rings. The SMILES string of the molecule is CCC#Cc1nc(C#CCC)n(Cc2ccc(Cc3ccccc3C(=O)O)cc2)n1. The lowest BCUT2D eigenvalue weighted by atomic mass is 9.99. The van der Waals surface area contributed by atoms with Gasteiger partial charge in [-0.2, -0.15) is 4.98 Å². The van der Waals surface area contributed by atoms with Crippen molar-refractivity contribution in [2.45, 2.75) is 39.7 Å². The molecule has 5 heteroatoms. The lowest BCUT2D eigenvalue weighted by Crippen LogP contribution is -2.05. The van der Waals surface area contributed by atoms with Gasteiger partial charge in [-0.05, 0) is 41.0 Å². The second-order valence-corrected chi connectivity index (χ2v) is 6.68. The van der Waals surface area contributed by atoms with Crippen LogP contribution >= 0.6 is 0 Å². The predicted molar refractivity (Wildman–Crippen MR) is 116 cm³/mol. The third-order valence-electron chi connectivity index (χ3n) is 4.42. The van der Waals surface area contributed by atoms with Crippen LogP contribution in [0.2, 0.25) is 0 Å². The second-order valence-electron chi connectivity index (χ2n) is 6.68. The van der Waals surface area contributed by atoms with Crippen molar-refractivity contribution in [3.05, 3.63) is 82.4 Å². The van der Waals surface area contributed by atoms with Crippen molar-refractivity contribution in [3.8, 4) is 23.7 Å². The van der Waals surface area contributed by atoms with Gasteiger partial charge in [-0.1, -0.05) is 68.2 Å². The third kappa shape index (κ3) is 5.37. The summed E-state index contributed by atoms with van der Waals surface area (Å²) in [6.45, 7) is 4.52. The first-order valence-electron chi connectivity index (χ1n) is 9.92. The van der Waals surface area contributed by atoms with Crippen LogP contribution in [-0.4, -0.2) is 25.8 Å². The molecule has 1 aromatic heterocycles. The Morgan fingerprint density at radius 2 is 1.63 bits per heavy atom. The van der Waals surface area contributed by atoms with Crippen LogP contribution in [0.25, 0.3) is 0 Å². The fourth-order valence-electron chi connectivity index (χ4n) is 2.97. The molecule has 0 saturated carbocycles. The Labute approximate surface area is 176 Å². The largest absolute Gasteiger partial charge is 0.478 e. The highest BCUT2D eigenvalue weighted by Crippen LogP contribution is 2.16. The molecule has 0 bridgehead atoms. The van der Waals surface area contributed by atoms with Crippen molar-refractivity contribution in [2.75, 3.05) is 0 Å². The van der Waals surface area contributed by atoms with E-state index in [1.54, 1.807) is 16.8 Å². The first-order valence-corrected chi connectivity index (χ1v) is 9.92. The van der Waals surface area contributed by atoms with E-state index in [0.717, 1.165) is 29.5 Å². The van der Waals surface area contributed by atoms with Crippen molar-refractivity contribution in [1.82, 2.24) is 14.8 Å². The van der Waals surface area contributed by atoms with Gasteiger partial charge in [0.05, 0.1) is 12.1 Å². The second kappa shape index (κ2) is 10.1. The first-order chi connectivity index (χ1) is 14.6. The number of aromatic carboxylic acids is 1. The zero-order chi connectivity index (χ0) is 21.3. The fourth-order valence-corrected chi connectivity index (χ4v) is 2.97. The molecule has 0 spiro atoms. The van der Waals surface area contributed by atoms with Crippen LogP contribution in [0.3, 0.4) is 0 Å². The Kier molecular flexibility index (Phi) is 7.03. The van der Waals surface area contributed by atoms with E-state index in [0.29, 0.717) is 30.2 Å². The van der Waals surface area contributed by atoms with E-state index in [9.17, 15) is 9.90 Å². The molecular formula is C25H23N3O2. The Hall–Kier alpha value is -3.83. The first kappa shape index (κ1) is 20.9. The van der Waals surface area contributed by atoms with Crippen LogP contribution in [0.1, 0.15) is 65.4 Å². The van der Waals surface area contributed by atoms with Gasteiger partial charge < -0.3 is 5.11 Å². The number of benzene rings is 2. The van der Waals surface area contributed by atoms with E-state index in [4.69, 9.17) is 0 Å². The highest BCUT2D eigenvalue weighted by molar-refractivity contribution is 5.89. The molecule has 0 unspecified atom stereocenters. The minimum absolute atomic E-state index is 0.337. The molecule has 0 aliphatic rings. The number of carbonyl (C=O) groups is 1. The van der Waals surface area contributed by atoms with Crippen LogP contribution < -0.4 is 0 Å². The molecule has 150 valence electrons. The lowest BCUT2D eigenvalue weighted by molar-refractivity contribution is 0.0696. The molecular weight excluding hydrogens is 374 g/mol. The quantitative estimate of drug-likeness (QED) is 0.657. The van der Waals surface area contributed by atoms with Crippen LogP contribution in [-0.2, 0) is 13.0 Å². The van der Waals surface area contributed by atoms with E-state index >= 15 is 0 Å². The molecule has 0 aliphatic carbocycles. The van der Waals surface area contributed by atoms with Crippen LogP contribution in [0.4, 0.5) is 0 Å². The molecule has 3 aromatic rings. The number of carboxylic acid groups (broad SMARTS) is 1. The van der Waals surface area contributed by atoms with E-state index in [1.807, 2.05) is 50.2 Å². The Morgan fingerprint density at radius 3 is 2.33 bits per heavy atom. The molecule has 0 atom stereocenters. The average Bonchev–Trinajstić information content (AvgIpc) is 3.13. The minimum Gasteiger partial charge on any atom is -0.478 e. The summed E-state index contributed by atoms with van der Waals surface area (Å²) in [6.07, 6.45) is 2.06. The summed E-state index contributed by atoms with van der Waals surface area (Å²) >= 11 is 0. The maximum absolute atomic E-state index is 11.4. The maximum atomic E-state index is 11.4. The Morgan fingerprint density at radius 1 is 0.967 bits per heavy atom. The molecule has 30 heavy (non-hydrogen) atoms. The van der Waals surface area contributed by atoms with Gasteiger partial charge in [-0.15, -0.1) is 5.10 Å². The number of carboxylic acids is 1. The van der Waals surface area contributed by atoms with Gasteiger partial charge in [0.2, 0.25) is 11.6 Å². The zero-order valence-corrected chi connectivity index (χ0v) is 17.1. The normalized spacial score (nSPS) is 9.93. The van der Waals surface area contributed by atoms with Gasteiger partial charge in [0.1, 0.15) is 0 Å². The summed E-state index contributed by atoms with van der Waals surface area (Å²) in [5, 5.41) is 13.8. The molecule has 0 aliphatic heterocycles. The molecule has 0 saturated heterocycles. The summed E-state index contributed by atoms with van der Waals surface area (Å²) in [6, 6.07) is 15.2. The predicted octanol–water partition coefficient (Wildman–Crippen LogP) is 4.14. The smallest absolute Gasteiger partial charge is 0.335 e. The fraction of sp³-hybridized carbons (Fsp3) is 0.240. The van der Waals surface area contributed by atoms with Crippen LogP contribution in [0.5, 0.6) is 0 Å². The number of hydrogen-bond acceptors (Lipinski definition) is 3. The van der Waals surface area contributed by atoms with E-state index in [-0.39, 0.29) is 0 Å². The molecule has 0 amide bonds. The highest BCUT2D eigenvalue weighted by Gasteiger charge is 2.10. The molecule has 1 N–H and O–H groups in total. The number of nitrogens with zero attached hydrogens (tertiary/aromatic N) is 3. The van der Waals surface area contributed by atoms with Gasteiger partial charge >= 0.3 is 5.97 Å². The van der Waals surface area contributed by atoms with Gasteiger partial charge in [0.15, 0.2) is 0 Å². The minimum atomic E-state index is -0.906. The van der Waals surface area contributed by atoms with Gasteiger partial charge in [-0.3, -0.25) is 0 Å². The van der Waals surface area contributed by atoms with Gasteiger partial charge in [0, 0.05) is 12.8 Å². The zero-order valence-electron chi connectivity index (χ0n) is 17.1. The van der Waals surface area contributed by atoms with E-state index in [1.165, 1.54) is 0 Å². The summed E-state index contributed by atoms with van der Waals surface area (Å²) in [7, 11) is 0. The third-order valence-corrected chi connectivity index (χ3v) is 4.42.